The van der Waals surface area contributed by atoms with Crippen LogP contribution in [-0.2, 0) is 16.1 Å². The van der Waals surface area contributed by atoms with Gasteiger partial charge in [-0.05, 0) is 36.8 Å². The minimum absolute atomic E-state index is 0.0397. The molecular weight excluding hydrogens is 466 g/mol. The fourth-order valence-electron chi connectivity index (χ4n) is 4.78. The van der Waals surface area contributed by atoms with Gasteiger partial charge in [0, 0.05) is 38.4 Å². The van der Waals surface area contributed by atoms with Crippen LogP contribution in [-0.4, -0.2) is 66.9 Å². The standard InChI is InChI=1S/C29H31N5O3/c1-22-11-13-24(14-12-22)30-29(37)34-21-28(36)33(25-9-5-6-10-26(25)34)20-27(35)32-17-15-31(16-18-32)19-23-7-3-2-4-8-23/h2-14H,15-21H2,1H3,(H,30,37). The highest BCUT2D eigenvalue weighted by molar-refractivity contribution is 6.15. The van der Waals surface area contributed by atoms with Gasteiger partial charge in [-0.3, -0.25) is 24.3 Å². The zero-order valence-corrected chi connectivity index (χ0v) is 21.0. The molecule has 5 rings (SSSR count). The first-order valence-electron chi connectivity index (χ1n) is 12.6. The summed E-state index contributed by atoms with van der Waals surface area (Å²) >= 11 is 0. The van der Waals surface area contributed by atoms with Crippen molar-refractivity contribution in [1.82, 2.24) is 9.80 Å². The highest BCUT2D eigenvalue weighted by Crippen LogP contribution is 2.34. The second kappa shape index (κ2) is 10.8. The maximum Gasteiger partial charge on any atom is 0.326 e. The number of nitrogens with zero attached hydrogens (tertiary/aromatic N) is 4. The van der Waals surface area contributed by atoms with E-state index in [1.54, 1.807) is 12.1 Å². The van der Waals surface area contributed by atoms with E-state index in [4.69, 9.17) is 0 Å². The fourth-order valence-corrected chi connectivity index (χ4v) is 4.78. The summed E-state index contributed by atoms with van der Waals surface area (Å²) in [5.41, 5.74) is 4.17. The van der Waals surface area contributed by atoms with Gasteiger partial charge in [-0.1, -0.05) is 60.2 Å². The third-order valence-corrected chi connectivity index (χ3v) is 6.87. The molecule has 190 valence electrons. The Morgan fingerprint density at radius 2 is 1.46 bits per heavy atom. The summed E-state index contributed by atoms with van der Waals surface area (Å²) in [4.78, 5) is 46.5. The van der Waals surface area contributed by atoms with Crippen molar-refractivity contribution in [3.05, 3.63) is 90.0 Å². The molecule has 0 saturated carbocycles. The fraction of sp³-hybridized carbons (Fsp3) is 0.276. The topological polar surface area (TPSA) is 76.2 Å². The van der Waals surface area contributed by atoms with Crippen LogP contribution < -0.4 is 15.1 Å². The molecule has 2 aliphatic rings. The maximum absolute atomic E-state index is 13.2. The van der Waals surface area contributed by atoms with Gasteiger partial charge < -0.3 is 10.2 Å². The predicted octanol–water partition coefficient (Wildman–Crippen LogP) is 3.72. The molecule has 0 unspecified atom stereocenters. The Labute approximate surface area is 217 Å². The molecule has 2 heterocycles. The van der Waals surface area contributed by atoms with Gasteiger partial charge in [0.2, 0.25) is 11.8 Å². The van der Waals surface area contributed by atoms with Crippen molar-refractivity contribution in [3.63, 3.8) is 0 Å². The molecule has 0 aromatic heterocycles. The second-order valence-corrected chi connectivity index (χ2v) is 9.49. The Hall–Kier alpha value is -4.17. The van der Waals surface area contributed by atoms with Crippen molar-refractivity contribution < 1.29 is 14.4 Å². The number of aryl methyl sites for hydroxylation is 1. The summed E-state index contributed by atoms with van der Waals surface area (Å²) < 4.78 is 0. The highest BCUT2D eigenvalue weighted by Gasteiger charge is 2.34. The number of hydrogen-bond donors (Lipinski definition) is 1. The third-order valence-electron chi connectivity index (χ3n) is 6.87. The molecule has 0 aliphatic carbocycles. The number of carbonyl (C=O) groups is 3. The molecule has 2 aliphatic heterocycles. The van der Waals surface area contributed by atoms with E-state index < -0.39 is 0 Å². The minimum Gasteiger partial charge on any atom is -0.339 e. The normalized spacial score (nSPS) is 15.9. The summed E-state index contributed by atoms with van der Waals surface area (Å²) in [6, 6.07) is 24.6. The predicted molar refractivity (Wildman–Crippen MR) is 145 cm³/mol. The van der Waals surface area contributed by atoms with E-state index in [0.29, 0.717) is 30.2 Å². The van der Waals surface area contributed by atoms with Gasteiger partial charge in [0.15, 0.2) is 0 Å². The molecule has 3 aromatic carbocycles. The van der Waals surface area contributed by atoms with Crippen LogP contribution in [0.15, 0.2) is 78.9 Å². The molecule has 8 nitrogen and oxygen atoms in total. The molecule has 4 amide bonds. The number of nitrogens with one attached hydrogen (secondary N) is 1. The lowest BCUT2D eigenvalue weighted by atomic mass is 10.1. The monoisotopic (exact) mass is 497 g/mol. The van der Waals surface area contributed by atoms with E-state index in [1.165, 1.54) is 15.4 Å². The van der Waals surface area contributed by atoms with Crippen LogP contribution in [0.5, 0.6) is 0 Å². The van der Waals surface area contributed by atoms with Crippen LogP contribution in [0.25, 0.3) is 0 Å². The van der Waals surface area contributed by atoms with Crippen molar-refractivity contribution >= 4 is 34.9 Å². The number of fused-ring (bicyclic) bond motifs is 1. The number of hydrogen-bond acceptors (Lipinski definition) is 4. The van der Waals surface area contributed by atoms with Crippen LogP contribution in [0.1, 0.15) is 11.1 Å². The first-order chi connectivity index (χ1) is 18.0. The van der Waals surface area contributed by atoms with Gasteiger partial charge in [0.25, 0.3) is 0 Å². The Balaban J connectivity index is 1.23. The number of piperazine rings is 1. The summed E-state index contributed by atoms with van der Waals surface area (Å²) in [5.74, 6) is -0.367. The zero-order chi connectivity index (χ0) is 25.8. The number of anilines is 3. The van der Waals surface area contributed by atoms with E-state index in [9.17, 15) is 14.4 Å². The number of benzene rings is 3. The Morgan fingerprint density at radius 3 is 2.16 bits per heavy atom. The van der Waals surface area contributed by atoms with Gasteiger partial charge in [-0.2, -0.15) is 0 Å². The first-order valence-corrected chi connectivity index (χ1v) is 12.6. The largest absolute Gasteiger partial charge is 0.339 e. The van der Waals surface area contributed by atoms with Crippen LogP contribution in [0.3, 0.4) is 0 Å². The molecule has 0 radical (unpaired) electrons. The van der Waals surface area contributed by atoms with E-state index in [1.807, 2.05) is 66.4 Å². The van der Waals surface area contributed by atoms with Gasteiger partial charge in [0.1, 0.15) is 13.1 Å². The van der Waals surface area contributed by atoms with Crippen LogP contribution in [0.4, 0.5) is 21.9 Å². The number of carbonyl (C=O) groups excluding carboxylic acids is 3. The van der Waals surface area contributed by atoms with Crippen molar-refractivity contribution in [2.45, 2.75) is 13.5 Å². The zero-order valence-electron chi connectivity index (χ0n) is 21.0. The average Bonchev–Trinajstić information content (AvgIpc) is 2.92. The summed E-state index contributed by atoms with van der Waals surface area (Å²) in [7, 11) is 0. The second-order valence-electron chi connectivity index (χ2n) is 9.49. The SMILES string of the molecule is Cc1ccc(NC(=O)N2CC(=O)N(CC(=O)N3CCN(Cc4ccccc4)CC3)c3ccccc32)cc1. The molecule has 3 aromatic rings. The lowest BCUT2D eigenvalue weighted by Crippen LogP contribution is -2.54. The third kappa shape index (κ3) is 5.65. The van der Waals surface area contributed by atoms with Crippen molar-refractivity contribution in [2.75, 3.05) is 54.4 Å². The van der Waals surface area contributed by atoms with Crippen LogP contribution >= 0.6 is 0 Å². The lowest BCUT2D eigenvalue weighted by Gasteiger charge is -2.38. The Bertz CT molecular complexity index is 1270. The van der Waals surface area contributed by atoms with Gasteiger partial charge >= 0.3 is 6.03 Å². The number of urea groups is 1. The Morgan fingerprint density at radius 1 is 0.811 bits per heavy atom. The lowest BCUT2D eigenvalue weighted by molar-refractivity contribution is -0.133. The molecule has 1 saturated heterocycles. The van der Waals surface area contributed by atoms with E-state index >= 15 is 0 Å². The smallest absolute Gasteiger partial charge is 0.326 e. The van der Waals surface area contributed by atoms with E-state index in [-0.39, 0.29) is 30.9 Å². The Kier molecular flexibility index (Phi) is 7.18. The molecule has 0 spiro atoms. The van der Waals surface area contributed by atoms with E-state index in [0.717, 1.165) is 25.2 Å². The molecule has 0 bridgehead atoms. The first kappa shape index (κ1) is 24.5. The van der Waals surface area contributed by atoms with Crippen molar-refractivity contribution in [3.8, 4) is 0 Å². The summed E-state index contributed by atoms with van der Waals surface area (Å²) in [6.45, 7) is 5.50. The van der Waals surface area contributed by atoms with Crippen LogP contribution in [0, 0.1) is 6.92 Å². The van der Waals surface area contributed by atoms with Crippen molar-refractivity contribution in [1.29, 1.82) is 0 Å². The quantitative estimate of drug-likeness (QED) is 0.583. The van der Waals surface area contributed by atoms with Gasteiger partial charge in [-0.15, -0.1) is 0 Å². The van der Waals surface area contributed by atoms with Crippen LogP contribution in [0.2, 0.25) is 0 Å². The summed E-state index contributed by atoms with van der Waals surface area (Å²) in [6.07, 6.45) is 0. The number of amides is 4. The molecular formula is C29H31N5O3. The maximum atomic E-state index is 13.2. The van der Waals surface area contributed by atoms with Gasteiger partial charge in [-0.25, -0.2) is 4.79 Å². The minimum atomic E-state index is -0.384. The van der Waals surface area contributed by atoms with E-state index in [2.05, 4.69) is 22.3 Å². The molecule has 1 N–H and O–H groups in total. The molecule has 8 heteroatoms. The summed E-state index contributed by atoms with van der Waals surface area (Å²) in [5, 5.41) is 2.87. The average molecular weight is 498 g/mol. The van der Waals surface area contributed by atoms with Gasteiger partial charge in [0.05, 0.1) is 11.4 Å². The molecule has 0 atom stereocenters. The molecule has 1 fully saturated rings. The number of para-hydroxylation sites is 2. The molecule has 37 heavy (non-hydrogen) atoms. The number of rotatable bonds is 5. The van der Waals surface area contributed by atoms with Crippen molar-refractivity contribution in [2.24, 2.45) is 0 Å². The highest BCUT2D eigenvalue weighted by atomic mass is 16.2.